The van der Waals surface area contributed by atoms with Crippen molar-refractivity contribution in [3.8, 4) is 0 Å². The topological polar surface area (TPSA) is 12.0 Å². The van der Waals surface area contributed by atoms with E-state index in [2.05, 4.69) is 18.3 Å². The summed E-state index contributed by atoms with van der Waals surface area (Å²) in [4.78, 5) is 0. The van der Waals surface area contributed by atoms with Crippen LogP contribution in [0.15, 0.2) is 48.5 Å². The predicted molar refractivity (Wildman–Crippen MR) is 85.2 cm³/mol. The van der Waals surface area contributed by atoms with Crippen LogP contribution in [0, 0.1) is 5.82 Å². The second-order valence-corrected chi connectivity index (χ2v) is 6.30. The molecule has 3 rings (SSSR count). The summed E-state index contributed by atoms with van der Waals surface area (Å²) in [6.07, 6.45) is 2.13. The SMILES string of the molecule is C[C@H](NC1CC(c2cccc(F)c2)C1)c1cccc(Cl)c1. The highest BCUT2D eigenvalue weighted by molar-refractivity contribution is 6.30. The van der Waals surface area contributed by atoms with Gasteiger partial charge in [-0.05, 0) is 61.1 Å². The highest BCUT2D eigenvalue weighted by Gasteiger charge is 2.31. The second kappa shape index (κ2) is 6.17. The van der Waals surface area contributed by atoms with Crippen molar-refractivity contribution in [2.24, 2.45) is 0 Å². The molecular weight excluding hydrogens is 285 g/mol. The molecule has 1 nitrogen and oxygen atoms in total. The molecule has 0 spiro atoms. The van der Waals surface area contributed by atoms with Gasteiger partial charge in [0.05, 0.1) is 0 Å². The average Bonchev–Trinajstić information content (AvgIpc) is 2.42. The molecule has 2 aromatic rings. The maximum atomic E-state index is 13.2. The van der Waals surface area contributed by atoms with Crippen LogP contribution >= 0.6 is 11.6 Å². The van der Waals surface area contributed by atoms with E-state index in [1.54, 1.807) is 12.1 Å². The molecule has 0 unspecified atom stereocenters. The number of hydrogen-bond acceptors (Lipinski definition) is 1. The van der Waals surface area contributed by atoms with Gasteiger partial charge < -0.3 is 5.32 Å². The molecule has 0 saturated heterocycles. The van der Waals surface area contributed by atoms with Crippen molar-refractivity contribution in [2.75, 3.05) is 0 Å². The Balaban J connectivity index is 1.55. The third-order valence-electron chi connectivity index (χ3n) is 4.29. The monoisotopic (exact) mass is 303 g/mol. The maximum absolute atomic E-state index is 13.2. The Hall–Kier alpha value is -1.38. The van der Waals surface area contributed by atoms with Gasteiger partial charge in [-0.25, -0.2) is 4.39 Å². The van der Waals surface area contributed by atoms with Crippen molar-refractivity contribution in [1.82, 2.24) is 5.32 Å². The van der Waals surface area contributed by atoms with Gasteiger partial charge in [-0.2, -0.15) is 0 Å². The molecule has 1 atom stereocenters. The first kappa shape index (κ1) is 14.6. The molecule has 1 fully saturated rings. The molecule has 0 amide bonds. The molecule has 0 heterocycles. The molecule has 0 radical (unpaired) electrons. The van der Waals surface area contributed by atoms with Crippen molar-refractivity contribution in [1.29, 1.82) is 0 Å². The van der Waals surface area contributed by atoms with Gasteiger partial charge >= 0.3 is 0 Å². The van der Waals surface area contributed by atoms with Gasteiger partial charge in [0.2, 0.25) is 0 Å². The molecule has 110 valence electrons. The van der Waals surface area contributed by atoms with Gasteiger partial charge in [0.15, 0.2) is 0 Å². The summed E-state index contributed by atoms with van der Waals surface area (Å²) in [6.45, 7) is 2.15. The Labute approximate surface area is 130 Å². The van der Waals surface area contributed by atoms with Crippen LogP contribution in [0.3, 0.4) is 0 Å². The van der Waals surface area contributed by atoms with Crippen LogP contribution in [-0.4, -0.2) is 6.04 Å². The fourth-order valence-corrected chi connectivity index (χ4v) is 3.21. The summed E-state index contributed by atoms with van der Waals surface area (Å²) in [5.74, 6) is 0.334. The molecule has 0 aliphatic heterocycles. The van der Waals surface area contributed by atoms with E-state index in [-0.39, 0.29) is 11.9 Å². The molecule has 0 bridgehead atoms. The molecular formula is C18H19ClFN. The lowest BCUT2D eigenvalue weighted by molar-refractivity contribution is 0.270. The van der Waals surface area contributed by atoms with Crippen LogP contribution in [-0.2, 0) is 0 Å². The zero-order valence-electron chi connectivity index (χ0n) is 12.0. The van der Waals surface area contributed by atoms with Gasteiger partial charge in [-0.3, -0.25) is 0 Å². The first-order chi connectivity index (χ1) is 10.1. The summed E-state index contributed by atoms with van der Waals surface area (Å²) in [7, 11) is 0. The fourth-order valence-electron chi connectivity index (χ4n) is 3.01. The number of halogens is 2. The van der Waals surface area contributed by atoms with Crippen LogP contribution in [0.1, 0.15) is 42.9 Å². The molecule has 3 heteroatoms. The van der Waals surface area contributed by atoms with E-state index < -0.39 is 0 Å². The summed E-state index contributed by atoms with van der Waals surface area (Å²) in [5.41, 5.74) is 2.32. The van der Waals surface area contributed by atoms with Crippen molar-refractivity contribution < 1.29 is 4.39 Å². The van der Waals surface area contributed by atoms with E-state index in [0.717, 1.165) is 23.4 Å². The quantitative estimate of drug-likeness (QED) is 0.831. The molecule has 1 saturated carbocycles. The van der Waals surface area contributed by atoms with Crippen LogP contribution < -0.4 is 5.32 Å². The first-order valence-electron chi connectivity index (χ1n) is 7.39. The minimum absolute atomic E-state index is 0.142. The zero-order valence-corrected chi connectivity index (χ0v) is 12.8. The maximum Gasteiger partial charge on any atom is 0.123 e. The van der Waals surface area contributed by atoms with Gasteiger partial charge in [-0.15, -0.1) is 0 Å². The first-order valence-corrected chi connectivity index (χ1v) is 7.76. The standard InChI is InChI=1S/C18H19ClFN/c1-12(13-4-2-6-16(19)8-13)21-18-10-15(11-18)14-5-3-7-17(20)9-14/h2-9,12,15,18,21H,10-11H2,1H3/t12-,15?,18?/m0/s1. The van der Waals surface area contributed by atoms with Crippen LogP contribution in [0.4, 0.5) is 4.39 Å². The normalized spacial score (nSPS) is 22.6. The van der Waals surface area contributed by atoms with E-state index in [1.165, 1.54) is 11.6 Å². The smallest absolute Gasteiger partial charge is 0.123 e. The molecule has 21 heavy (non-hydrogen) atoms. The van der Waals surface area contributed by atoms with Gasteiger partial charge in [0.25, 0.3) is 0 Å². The lowest BCUT2D eigenvalue weighted by Crippen LogP contribution is -2.41. The molecule has 1 N–H and O–H groups in total. The summed E-state index contributed by atoms with van der Waals surface area (Å²) < 4.78 is 13.2. The number of rotatable bonds is 4. The minimum atomic E-state index is -0.142. The van der Waals surface area contributed by atoms with E-state index in [9.17, 15) is 4.39 Å². The number of benzene rings is 2. The molecule has 0 aromatic heterocycles. The van der Waals surface area contributed by atoms with E-state index in [0.29, 0.717) is 12.0 Å². The minimum Gasteiger partial charge on any atom is -0.307 e. The van der Waals surface area contributed by atoms with Gasteiger partial charge in [0.1, 0.15) is 5.82 Å². The van der Waals surface area contributed by atoms with Crippen LogP contribution in [0.25, 0.3) is 0 Å². The highest BCUT2D eigenvalue weighted by atomic mass is 35.5. The highest BCUT2D eigenvalue weighted by Crippen LogP contribution is 2.38. The average molecular weight is 304 g/mol. The van der Waals surface area contributed by atoms with Crippen LogP contribution in [0.2, 0.25) is 5.02 Å². The Morgan fingerprint density at radius 3 is 2.62 bits per heavy atom. The lowest BCUT2D eigenvalue weighted by atomic mass is 9.75. The summed E-state index contributed by atoms with van der Waals surface area (Å²) >= 11 is 6.03. The van der Waals surface area contributed by atoms with Crippen molar-refractivity contribution >= 4 is 11.6 Å². The number of hydrogen-bond donors (Lipinski definition) is 1. The van der Waals surface area contributed by atoms with Crippen molar-refractivity contribution in [2.45, 2.75) is 37.8 Å². The predicted octanol–water partition coefficient (Wildman–Crippen LogP) is 5.08. The number of nitrogens with one attached hydrogen (secondary N) is 1. The van der Waals surface area contributed by atoms with Crippen molar-refractivity contribution in [3.63, 3.8) is 0 Å². The van der Waals surface area contributed by atoms with E-state index >= 15 is 0 Å². The molecule has 1 aliphatic rings. The fraction of sp³-hybridized carbons (Fsp3) is 0.333. The van der Waals surface area contributed by atoms with E-state index in [1.807, 2.05) is 24.3 Å². The Kier molecular flexibility index (Phi) is 4.27. The molecule has 1 aliphatic carbocycles. The van der Waals surface area contributed by atoms with Crippen molar-refractivity contribution in [3.05, 3.63) is 70.5 Å². The Morgan fingerprint density at radius 1 is 1.14 bits per heavy atom. The molecule has 2 aromatic carbocycles. The second-order valence-electron chi connectivity index (χ2n) is 5.86. The third kappa shape index (κ3) is 3.45. The third-order valence-corrected chi connectivity index (χ3v) is 4.53. The Morgan fingerprint density at radius 2 is 1.90 bits per heavy atom. The van der Waals surface area contributed by atoms with E-state index in [4.69, 9.17) is 11.6 Å². The largest absolute Gasteiger partial charge is 0.307 e. The Bertz CT molecular complexity index is 622. The van der Waals surface area contributed by atoms with Gasteiger partial charge in [-0.1, -0.05) is 35.9 Å². The lowest BCUT2D eigenvalue weighted by Gasteiger charge is -2.38. The summed E-state index contributed by atoms with van der Waals surface area (Å²) in [5, 5.41) is 4.39. The zero-order chi connectivity index (χ0) is 14.8. The summed E-state index contributed by atoms with van der Waals surface area (Å²) in [6, 6.07) is 15.7. The van der Waals surface area contributed by atoms with Gasteiger partial charge in [0, 0.05) is 17.1 Å². The van der Waals surface area contributed by atoms with Crippen LogP contribution in [0.5, 0.6) is 0 Å².